The number of ether oxygens (including phenoxy) is 4. The van der Waals surface area contributed by atoms with Gasteiger partial charge in [0.15, 0.2) is 12.2 Å². The van der Waals surface area contributed by atoms with Crippen LogP contribution in [-0.4, -0.2) is 96.7 Å². The first kappa shape index (κ1) is 95.1. The Morgan fingerprint density at radius 2 is 0.495 bits per heavy atom. The van der Waals surface area contributed by atoms with E-state index in [4.69, 9.17) is 37.0 Å². The maximum absolute atomic E-state index is 13.1. The molecule has 0 fully saturated rings. The quantitative estimate of drug-likeness (QED) is 0.0222. The third-order valence-electron chi connectivity index (χ3n) is 18.6. The van der Waals surface area contributed by atoms with Crippen molar-refractivity contribution in [3.8, 4) is 0 Å². The highest BCUT2D eigenvalue weighted by Crippen LogP contribution is 2.45. The number of hydrogen-bond acceptors (Lipinski definition) is 15. The van der Waals surface area contributed by atoms with Gasteiger partial charge in [-0.05, 0) is 31.6 Å². The number of rotatable bonds is 78. The van der Waals surface area contributed by atoms with Gasteiger partial charge < -0.3 is 33.8 Å². The molecular formula is C78H152O17P2. The van der Waals surface area contributed by atoms with Crippen LogP contribution < -0.4 is 0 Å². The normalized spacial score (nSPS) is 14.2. The number of unbranched alkanes of at least 4 members (excludes halogenated alkanes) is 49. The molecule has 576 valence electrons. The second kappa shape index (κ2) is 71.1. The summed E-state index contributed by atoms with van der Waals surface area (Å²) in [7, 11) is -9.91. The topological polar surface area (TPSA) is 237 Å². The van der Waals surface area contributed by atoms with Gasteiger partial charge in [0.05, 0.1) is 26.4 Å². The van der Waals surface area contributed by atoms with Gasteiger partial charge in [0, 0.05) is 25.7 Å². The first-order valence-corrected chi connectivity index (χ1v) is 43.7. The fourth-order valence-corrected chi connectivity index (χ4v) is 13.6. The number of phosphoric ester groups is 2. The van der Waals surface area contributed by atoms with Crippen LogP contribution in [0.3, 0.4) is 0 Å². The van der Waals surface area contributed by atoms with Crippen LogP contribution in [0.2, 0.25) is 0 Å². The fourth-order valence-electron chi connectivity index (χ4n) is 12.0. The van der Waals surface area contributed by atoms with Crippen molar-refractivity contribution in [3.05, 3.63) is 0 Å². The summed E-state index contributed by atoms with van der Waals surface area (Å²) in [6, 6.07) is 0. The molecule has 0 aliphatic heterocycles. The predicted molar refractivity (Wildman–Crippen MR) is 395 cm³/mol. The highest BCUT2D eigenvalue weighted by Gasteiger charge is 2.30. The Hall–Kier alpha value is -1.94. The van der Waals surface area contributed by atoms with Gasteiger partial charge >= 0.3 is 39.5 Å². The number of carbonyl (C=O) groups is 4. The molecule has 97 heavy (non-hydrogen) atoms. The number of hydrogen-bond donors (Lipinski definition) is 3. The van der Waals surface area contributed by atoms with E-state index in [2.05, 4.69) is 34.6 Å². The largest absolute Gasteiger partial charge is 0.472 e. The van der Waals surface area contributed by atoms with Gasteiger partial charge in [-0.15, -0.1) is 0 Å². The summed E-state index contributed by atoms with van der Waals surface area (Å²) >= 11 is 0. The molecule has 3 unspecified atom stereocenters. The lowest BCUT2D eigenvalue weighted by Crippen LogP contribution is -2.30. The van der Waals surface area contributed by atoms with Gasteiger partial charge in [0.2, 0.25) is 0 Å². The molecule has 3 N–H and O–H groups in total. The van der Waals surface area contributed by atoms with Crippen molar-refractivity contribution < 1.29 is 80.2 Å². The van der Waals surface area contributed by atoms with Crippen molar-refractivity contribution in [2.45, 2.75) is 432 Å². The third kappa shape index (κ3) is 70.9. The molecule has 17 nitrogen and oxygen atoms in total. The van der Waals surface area contributed by atoms with Gasteiger partial charge in [-0.3, -0.25) is 37.3 Å². The molecule has 0 aliphatic carbocycles. The first-order valence-electron chi connectivity index (χ1n) is 40.7. The van der Waals surface area contributed by atoms with Crippen LogP contribution >= 0.6 is 15.6 Å². The SMILES string of the molecule is CCCCCCCCCCCCCCCCCCCCCCCC(=O)O[C@H](COC(=O)CCCCCCCCCCC(C)CC)COP(=O)(O)OC[C@@H](O)COP(=O)(O)OC[C@@H](COC(=O)CCCCCCCCCCCCCC)OC(=O)CCCCCCCCCCCCCC. The Bertz CT molecular complexity index is 1860. The smallest absolute Gasteiger partial charge is 0.462 e. The van der Waals surface area contributed by atoms with Crippen molar-refractivity contribution in [3.63, 3.8) is 0 Å². The molecule has 0 saturated heterocycles. The Morgan fingerprint density at radius 1 is 0.289 bits per heavy atom. The van der Waals surface area contributed by atoms with Crippen LogP contribution in [0.5, 0.6) is 0 Å². The number of carbonyl (C=O) groups excluding carboxylic acids is 4. The summed E-state index contributed by atoms with van der Waals surface area (Å²) in [4.78, 5) is 72.9. The van der Waals surface area contributed by atoms with E-state index in [1.54, 1.807) is 0 Å². The lowest BCUT2D eigenvalue weighted by atomic mass is 9.99. The highest BCUT2D eigenvalue weighted by atomic mass is 31.2. The van der Waals surface area contributed by atoms with Gasteiger partial charge in [-0.25, -0.2) is 9.13 Å². The summed E-state index contributed by atoms with van der Waals surface area (Å²) in [5, 5.41) is 10.6. The van der Waals surface area contributed by atoms with Crippen LogP contribution in [0.25, 0.3) is 0 Å². The zero-order chi connectivity index (χ0) is 71.2. The van der Waals surface area contributed by atoms with Crippen LogP contribution in [0.4, 0.5) is 0 Å². The zero-order valence-corrected chi connectivity index (χ0v) is 65.0. The summed E-state index contributed by atoms with van der Waals surface area (Å²) in [5.41, 5.74) is 0. The standard InChI is InChI=1S/C78H152O17P2/c1-6-10-13-16-19-22-25-28-29-30-31-32-33-34-35-36-39-42-49-54-59-64-78(83)95-74(68-89-76(81)62-57-52-47-44-43-45-50-55-60-71(5)9-4)70-93-97(86,87)91-66-72(79)65-90-96(84,85)92-69-73(94-77(82)63-58-53-48-41-38-27-24-21-18-15-12-8-3)67-88-75(80)61-56-51-46-40-37-26-23-20-17-14-11-7-2/h71-74,79H,6-70H2,1-5H3,(H,84,85)(H,86,87)/t71?,72-,73+,74+/m0/s1. The van der Waals surface area contributed by atoms with E-state index in [0.29, 0.717) is 25.7 Å². The molecule has 0 radical (unpaired) electrons. The fraction of sp³-hybridized carbons (Fsp3) is 0.949. The summed E-state index contributed by atoms with van der Waals surface area (Å²) < 4.78 is 68.6. The van der Waals surface area contributed by atoms with E-state index < -0.39 is 97.5 Å². The van der Waals surface area contributed by atoms with E-state index in [0.717, 1.165) is 95.8 Å². The van der Waals surface area contributed by atoms with E-state index in [1.165, 1.54) is 238 Å². The van der Waals surface area contributed by atoms with E-state index in [1.807, 2.05) is 0 Å². The molecule has 0 aromatic carbocycles. The Balaban J connectivity index is 5.20. The van der Waals surface area contributed by atoms with Gasteiger partial charge in [0.1, 0.15) is 19.3 Å². The highest BCUT2D eigenvalue weighted by molar-refractivity contribution is 7.47. The molecule has 0 aromatic rings. The number of aliphatic hydroxyl groups is 1. The van der Waals surface area contributed by atoms with Crippen LogP contribution in [0.15, 0.2) is 0 Å². The Kier molecular flexibility index (Phi) is 69.6. The average Bonchev–Trinajstić information content (AvgIpc) is 1.11. The second-order valence-electron chi connectivity index (χ2n) is 28.3. The van der Waals surface area contributed by atoms with E-state index in [-0.39, 0.29) is 25.7 Å². The lowest BCUT2D eigenvalue weighted by Gasteiger charge is -2.21. The summed E-state index contributed by atoms with van der Waals surface area (Å²) in [5.74, 6) is -1.33. The van der Waals surface area contributed by atoms with Gasteiger partial charge in [-0.2, -0.15) is 0 Å². The average molecular weight is 1420 g/mol. The molecule has 0 bridgehead atoms. The number of phosphoric acid groups is 2. The lowest BCUT2D eigenvalue weighted by molar-refractivity contribution is -0.161. The minimum absolute atomic E-state index is 0.108. The molecule has 19 heteroatoms. The molecule has 6 atom stereocenters. The third-order valence-corrected chi connectivity index (χ3v) is 20.5. The van der Waals surface area contributed by atoms with Crippen molar-refractivity contribution in [2.24, 2.45) is 5.92 Å². The summed E-state index contributed by atoms with van der Waals surface area (Å²) in [6.45, 7) is 7.31. The molecule has 0 amide bonds. The molecule has 0 aliphatic rings. The summed E-state index contributed by atoms with van der Waals surface area (Å²) in [6.07, 6.45) is 61.0. The molecule has 0 heterocycles. The molecule has 0 spiro atoms. The van der Waals surface area contributed by atoms with Crippen molar-refractivity contribution in [1.82, 2.24) is 0 Å². The predicted octanol–water partition coefficient (Wildman–Crippen LogP) is 23.3. The van der Waals surface area contributed by atoms with E-state index in [9.17, 15) is 43.2 Å². The van der Waals surface area contributed by atoms with Crippen LogP contribution in [-0.2, 0) is 65.4 Å². The number of aliphatic hydroxyl groups excluding tert-OH is 1. The minimum atomic E-state index is -4.96. The van der Waals surface area contributed by atoms with E-state index >= 15 is 0 Å². The molecule has 0 aromatic heterocycles. The van der Waals surface area contributed by atoms with Crippen LogP contribution in [0, 0.1) is 5.92 Å². The van der Waals surface area contributed by atoms with Gasteiger partial charge in [-0.1, -0.05) is 362 Å². The molecular weight excluding hydrogens is 1270 g/mol. The van der Waals surface area contributed by atoms with Crippen LogP contribution in [0.1, 0.15) is 413 Å². The minimum Gasteiger partial charge on any atom is -0.462 e. The van der Waals surface area contributed by atoms with Crippen molar-refractivity contribution in [2.75, 3.05) is 39.6 Å². The Labute approximate surface area is 594 Å². The molecule has 0 saturated carbocycles. The Morgan fingerprint density at radius 3 is 0.732 bits per heavy atom. The van der Waals surface area contributed by atoms with Crippen molar-refractivity contribution >= 4 is 39.5 Å². The zero-order valence-electron chi connectivity index (χ0n) is 63.2. The monoisotopic (exact) mass is 1420 g/mol. The maximum Gasteiger partial charge on any atom is 0.472 e. The molecule has 0 rings (SSSR count). The number of esters is 4. The first-order chi connectivity index (χ1) is 47.1. The van der Waals surface area contributed by atoms with Gasteiger partial charge in [0.25, 0.3) is 0 Å². The maximum atomic E-state index is 13.1. The van der Waals surface area contributed by atoms with Crippen molar-refractivity contribution in [1.29, 1.82) is 0 Å². The second-order valence-corrected chi connectivity index (χ2v) is 31.3.